The van der Waals surface area contributed by atoms with Crippen LogP contribution < -0.4 is 0 Å². The van der Waals surface area contributed by atoms with Crippen molar-refractivity contribution in [2.24, 2.45) is 0 Å². The number of ether oxygens (including phenoxy) is 1. The Morgan fingerprint density at radius 2 is 1.26 bits per heavy atom. The number of pyridine rings is 2. The minimum atomic E-state index is -0.695. The summed E-state index contributed by atoms with van der Waals surface area (Å²) < 4.78 is 4.25. The third-order valence-corrected chi connectivity index (χ3v) is 10.3. The Kier molecular flexibility index (Phi) is 7.91. The molecule has 0 spiro atoms. The van der Waals surface area contributed by atoms with Gasteiger partial charge in [-0.05, 0) is 69.7 Å². The molecule has 0 saturated heterocycles. The third kappa shape index (κ3) is 5.24. The molecule has 0 amide bonds. The lowest BCUT2D eigenvalue weighted by atomic mass is 9.84. The van der Waals surface area contributed by atoms with Gasteiger partial charge in [0.05, 0.1) is 17.6 Å². The predicted octanol–water partition coefficient (Wildman–Crippen LogP) is 7.15. The molecule has 2 aliphatic rings. The molecule has 2 aromatic heterocycles. The lowest BCUT2D eigenvalue weighted by Crippen LogP contribution is -2.43. The van der Waals surface area contributed by atoms with Gasteiger partial charge >= 0.3 is 11.9 Å². The van der Waals surface area contributed by atoms with Gasteiger partial charge in [-0.25, -0.2) is 0 Å². The maximum atomic E-state index is 12.2. The van der Waals surface area contributed by atoms with Crippen molar-refractivity contribution in [3.63, 3.8) is 0 Å². The molecule has 0 radical (unpaired) electrons. The molecular formula is C30H30N2O4S2. The second kappa shape index (κ2) is 11.3. The summed E-state index contributed by atoms with van der Waals surface area (Å²) >= 11 is 3.12. The summed E-state index contributed by atoms with van der Waals surface area (Å²) in [5, 5.41) is 11.5. The number of hydrogen-bond donors (Lipinski definition) is 1. The van der Waals surface area contributed by atoms with Crippen molar-refractivity contribution in [3.8, 4) is 0 Å². The van der Waals surface area contributed by atoms with E-state index in [2.05, 4.69) is 16.0 Å². The van der Waals surface area contributed by atoms with Crippen LogP contribution in [0.15, 0.2) is 82.8 Å². The average Bonchev–Trinajstić information content (AvgIpc) is 2.88. The van der Waals surface area contributed by atoms with Gasteiger partial charge in [-0.2, -0.15) is 0 Å². The van der Waals surface area contributed by atoms with Gasteiger partial charge in [-0.1, -0.05) is 36.4 Å². The monoisotopic (exact) mass is 546 g/mol. The highest BCUT2D eigenvalue weighted by Crippen LogP contribution is 2.50. The Balaban J connectivity index is 0.000000156. The van der Waals surface area contributed by atoms with E-state index in [1.165, 1.54) is 11.8 Å². The number of aromatic nitrogens is 2. The molecule has 0 unspecified atom stereocenters. The SMILES string of the molecule is CCOC(=O)C1(Sc2ccnc3ccccc23)CCC1.O=C(O)C1(Sc2ccnc3ccccc23)CCC1. The number of nitrogens with zero attached hydrogens (tertiary/aromatic N) is 2. The molecule has 2 saturated carbocycles. The molecule has 0 bridgehead atoms. The fourth-order valence-electron chi connectivity index (χ4n) is 4.70. The summed E-state index contributed by atoms with van der Waals surface area (Å²) in [5.41, 5.74) is 1.89. The van der Waals surface area contributed by atoms with Crippen LogP contribution in [0.1, 0.15) is 45.4 Å². The van der Waals surface area contributed by atoms with E-state index in [-0.39, 0.29) is 10.7 Å². The van der Waals surface area contributed by atoms with Gasteiger partial charge < -0.3 is 9.84 Å². The Labute approximate surface area is 230 Å². The van der Waals surface area contributed by atoms with Crippen molar-refractivity contribution in [3.05, 3.63) is 73.1 Å². The van der Waals surface area contributed by atoms with Gasteiger partial charge in [0, 0.05) is 33.0 Å². The number of carbonyl (C=O) groups excluding carboxylic acids is 1. The van der Waals surface area contributed by atoms with Gasteiger partial charge in [0.15, 0.2) is 0 Å². The van der Waals surface area contributed by atoms with E-state index in [4.69, 9.17) is 4.74 Å². The first-order valence-electron chi connectivity index (χ1n) is 12.9. The second-order valence-corrected chi connectivity index (χ2v) is 12.4. The number of hydrogen-bond acceptors (Lipinski definition) is 7. The number of rotatable bonds is 7. The van der Waals surface area contributed by atoms with Gasteiger partial charge in [0.25, 0.3) is 0 Å². The normalized spacial score (nSPS) is 17.0. The van der Waals surface area contributed by atoms with E-state index in [0.717, 1.165) is 70.1 Å². The maximum Gasteiger partial charge on any atom is 0.322 e. The molecular weight excluding hydrogens is 516 g/mol. The smallest absolute Gasteiger partial charge is 0.322 e. The number of carboxylic acid groups (broad SMARTS) is 1. The number of aliphatic carboxylic acids is 1. The molecule has 6 nitrogen and oxygen atoms in total. The Hall–Kier alpha value is -3.10. The minimum absolute atomic E-state index is 0.0721. The topological polar surface area (TPSA) is 89.4 Å². The lowest BCUT2D eigenvalue weighted by molar-refractivity contribution is -0.148. The largest absolute Gasteiger partial charge is 0.480 e. The van der Waals surface area contributed by atoms with E-state index in [9.17, 15) is 14.7 Å². The summed E-state index contributed by atoms with van der Waals surface area (Å²) in [4.78, 5) is 34.4. The third-order valence-electron chi connectivity index (χ3n) is 7.19. The second-order valence-electron chi connectivity index (χ2n) is 9.58. The van der Waals surface area contributed by atoms with Gasteiger partial charge in [0.1, 0.15) is 9.49 Å². The van der Waals surface area contributed by atoms with E-state index in [1.54, 1.807) is 18.0 Å². The number of carboxylic acids is 1. The Bertz CT molecular complexity index is 1460. The summed E-state index contributed by atoms with van der Waals surface area (Å²) in [6.45, 7) is 2.30. The average molecular weight is 547 g/mol. The number of fused-ring (bicyclic) bond motifs is 2. The zero-order valence-corrected chi connectivity index (χ0v) is 22.9. The molecule has 8 heteroatoms. The van der Waals surface area contributed by atoms with Crippen molar-refractivity contribution in [1.29, 1.82) is 0 Å². The highest BCUT2D eigenvalue weighted by Gasteiger charge is 2.47. The molecule has 2 aromatic carbocycles. The molecule has 2 fully saturated rings. The molecule has 0 atom stereocenters. The van der Waals surface area contributed by atoms with Crippen LogP contribution in [-0.4, -0.2) is 43.1 Å². The molecule has 4 aromatic rings. The standard InChI is InChI=1S/C16H17NO2S.C14H13NO2S/c1-2-19-15(18)16(9-5-10-16)20-14-8-11-17-13-7-4-3-6-12(13)14;16-13(17)14(7-3-8-14)18-12-6-9-15-11-5-2-1-4-10(11)12/h3-4,6-8,11H,2,5,9-10H2,1H3;1-2,4-6,9H,3,7-8H2,(H,16,17). The zero-order valence-electron chi connectivity index (χ0n) is 21.3. The van der Waals surface area contributed by atoms with Crippen molar-refractivity contribution in [1.82, 2.24) is 9.97 Å². The fraction of sp³-hybridized carbons (Fsp3) is 0.333. The lowest BCUT2D eigenvalue weighted by Gasteiger charge is -2.38. The van der Waals surface area contributed by atoms with Crippen LogP contribution in [0.3, 0.4) is 0 Å². The summed E-state index contributed by atoms with van der Waals surface area (Å²) in [6.07, 6.45) is 8.95. The van der Waals surface area contributed by atoms with Crippen LogP contribution >= 0.6 is 23.5 Å². The first-order chi connectivity index (χ1) is 18.5. The van der Waals surface area contributed by atoms with Crippen LogP contribution in [0.4, 0.5) is 0 Å². The Morgan fingerprint density at radius 1 is 0.789 bits per heavy atom. The van der Waals surface area contributed by atoms with Crippen LogP contribution in [-0.2, 0) is 14.3 Å². The van der Waals surface area contributed by atoms with Crippen LogP contribution in [0.5, 0.6) is 0 Å². The minimum Gasteiger partial charge on any atom is -0.480 e. The first-order valence-corrected chi connectivity index (χ1v) is 14.6. The highest BCUT2D eigenvalue weighted by atomic mass is 32.2. The molecule has 38 heavy (non-hydrogen) atoms. The fourth-order valence-corrected chi connectivity index (χ4v) is 7.58. The molecule has 2 aliphatic carbocycles. The zero-order chi connectivity index (χ0) is 26.6. The van der Waals surface area contributed by atoms with Crippen LogP contribution in [0, 0.1) is 0 Å². The van der Waals surface area contributed by atoms with Gasteiger partial charge in [-0.3, -0.25) is 19.6 Å². The van der Waals surface area contributed by atoms with Gasteiger partial charge in [-0.15, -0.1) is 23.5 Å². The number of thioether (sulfide) groups is 2. The molecule has 2 heterocycles. The molecule has 0 aliphatic heterocycles. The summed E-state index contributed by atoms with van der Waals surface area (Å²) in [5.74, 6) is -0.767. The van der Waals surface area contributed by atoms with E-state index < -0.39 is 10.7 Å². The molecule has 1 N–H and O–H groups in total. The van der Waals surface area contributed by atoms with Crippen molar-refractivity contribution < 1.29 is 19.4 Å². The van der Waals surface area contributed by atoms with Crippen molar-refractivity contribution in [2.75, 3.05) is 6.61 Å². The molecule has 6 rings (SSSR count). The van der Waals surface area contributed by atoms with Crippen LogP contribution in [0.25, 0.3) is 21.8 Å². The highest BCUT2D eigenvalue weighted by molar-refractivity contribution is 8.02. The number of benzene rings is 2. The number of carbonyl (C=O) groups is 2. The maximum absolute atomic E-state index is 12.2. The van der Waals surface area contributed by atoms with E-state index in [0.29, 0.717) is 6.61 Å². The van der Waals surface area contributed by atoms with E-state index >= 15 is 0 Å². The first kappa shape index (κ1) is 26.5. The van der Waals surface area contributed by atoms with Crippen molar-refractivity contribution >= 4 is 57.3 Å². The van der Waals surface area contributed by atoms with Crippen LogP contribution in [0.2, 0.25) is 0 Å². The molecule has 196 valence electrons. The van der Waals surface area contributed by atoms with Crippen molar-refractivity contribution in [2.45, 2.75) is 64.7 Å². The quantitative estimate of drug-likeness (QED) is 0.245. The number of para-hydroxylation sites is 2. The van der Waals surface area contributed by atoms with E-state index in [1.807, 2.05) is 67.7 Å². The summed E-state index contributed by atoms with van der Waals surface area (Å²) in [6, 6.07) is 19.8. The summed E-state index contributed by atoms with van der Waals surface area (Å²) in [7, 11) is 0. The Morgan fingerprint density at radius 3 is 1.68 bits per heavy atom. The predicted molar refractivity (Wildman–Crippen MR) is 153 cm³/mol. The van der Waals surface area contributed by atoms with Gasteiger partial charge in [0.2, 0.25) is 0 Å². The number of esters is 1.